The van der Waals surface area contributed by atoms with E-state index in [9.17, 15) is 0 Å². The fourth-order valence-electron chi connectivity index (χ4n) is 1.37. The molecule has 3 nitrogen and oxygen atoms in total. The fraction of sp³-hybridized carbons (Fsp3) is 0.364. The summed E-state index contributed by atoms with van der Waals surface area (Å²) in [6.07, 6.45) is 1.89. The molecule has 0 saturated heterocycles. The molecule has 4 heteroatoms. The molecule has 0 aliphatic rings. The van der Waals surface area contributed by atoms with Crippen LogP contribution in [0.5, 0.6) is 0 Å². The van der Waals surface area contributed by atoms with Crippen molar-refractivity contribution in [3.8, 4) is 0 Å². The third-order valence-electron chi connectivity index (χ3n) is 2.25. The number of aryl methyl sites for hydroxylation is 1. The minimum absolute atomic E-state index is 0.237. The monoisotopic (exact) mass is 222 g/mol. The van der Waals surface area contributed by atoms with Gasteiger partial charge in [-0.1, -0.05) is 0 Å². The molecule has 0 fully saturated rings. The molecule has 0 spiro atoms. The van der Waals surface area contributed by atoms with Gasteiger partial charge in [-0.3, -0.25) is 4.98 Å². The van der Waals surface area contributed by atoms with E-state index in [4.69, 9.17) is 4.42 Å². The number of aromatic nitrogens is 1. The molecular weight excluding hydrogens is 208 g/mol. The molecule has 0 saturated carbocycles. The number of thiazole rings is 1. The molecule has 1 atom stereocenters. The van der Waals surface area contributed by atoms with Crippen LogP contribution in [-0.4, -0.2) is 4.98 Å². The van der Waals surface area contributed by atoms with E-state index in [0.29, 0.717) is 0 Å². The summed E-state index contributed by atoms with van der Waals surface area (Å²) in [4.78, 5) is 5.27. The SMILES string of the molecule is Cc1ccc(C(C)NCc2cncs2)o1. The van der Waals surface area contributed by atoms with Crippen LogP contribution in [0, 0.1) is 6.92 Å². The van der Waals surface area contributed by atoms with Crippen LogP contribution in [0.15, 0.2) is 28.3 Å². The van der Waals surface area contributed by atoms with Crippen molar-refractivity contribution in [2.75, 3.05) is 0 Å². The Morgan fingerprint density at radius 1 is 1.53 bits per heavy atom. The van der Waals surface area contributed by atoms with Gasteiger partial charge in [-0.15, -0.1) is 11.3 Å². The first-order valence-electron chi connectivity index (χ1n) is 4.93. The van der Waals surface area contributed by atoms with E-state index in [1.54, 1.807) is 11.3 Å². The lowest BCUT2D eigenvalue weighted by molar-refractivity contribution is 0.416. The van der Waals surface area contributed by atoms with Crippen LogP contribution < -0.4 is 5.32 Å². The number of furan rings is 1. The maximum Gasteiger partial charge on any atom is 0.120 e. The molecule has 1 N–H and O–H groups in total. The molecular formula is C11H14N2OS. The molecule has 0 aliphatic heterocycles. The maximum atomic E-state index is 5.54. The fourth-order valence-corrected chi connectivity index (χ4v) is 1.92. The summed E-state index contributed by atoms with van der Waals surface area (Å²) in [5, 5.41) is 3.39. The molecule has 2 aromatic heterocycles. The van der Waals surface area contributed by atoms with Crippen molar-refractivity contribution in [2.24, 2.45) is 0 Å². The van der Waals surface area contributed by atoms with Crippen LogP contribution in [0.2, 0.25) is 0 Å². The van der Waals surface area contributed by atoms with E-state index in [1.165, 1.54) is 4.88 Å². The average Bonchev–Trinajstić information content (AvgIpc) is 2.84. The molecule has 0 amide bonds. The Bertz CT molecular complexity index is 408. The lowest BCUT2D eigenvalue weighted by atomic mass is 10.2. The quantitative estimate of drug-likeness (QED) is 0.864. The molecule has 1 unspecified atom stereocenters. The Kier molecular flexibility index (Phi) is 3.18. The molecule has 0 radical (unpaired) electrons. The minimum atomic E-state index is 0.237. The molecule has 2 heterocycles. The lowest BCUT2D eigenvalue weighted by Crippen LogP contribution is -2.16. The second-order valence-corrected chi connectivity index (χ2v) is 4.49. The van der Waals surface area contributed by atoms with Crippen LogP contribution in [-0.2, 0) is 6.54 Å². The van der Waals surface area contributed by atoms with Crippen LogP contribution >= 0.6 is 11.3 Å². The highest BCUT2D eigenvalue weighted by molar-refractivity contribution is 7.09. The molecule has 0 aliphatic carbocycles. The van der Waals surface area contributed by atoms with Gasteiger partial charge in [0.15, 0.2) is 0 Å². The van der Waals surface area contributed by atoms with Gasteiger partial charge in [-0.05, 0) is 26.0 Å². The first-order chi connectivity index (χ1) is 7.25. The van der Waals surface area contributed by atoms with Gasteiger partial charge in [0.2, 0.25) is 0 Å². The Morgan fingerprint density at radius 2 is 2.40 bits per heavy atom. The van der Waals surface area contributed by atoms with Gasteiger partial charge >= 0.3 is 0 Å². The summed E-state index contributed by atoms with van der Waals surface area (Å²) >= 11 is 1.66. The third kappa shape index (κ3) is 2.67. The van der Waals surface area contributed by atoms with Crippen LogP contribution in [0.4, 0.5) is 0 Å². The summed E-state index contributed by atoms with van der Waals surface area (Å²) in [7, 11) is 0. The number of nitrogens with zero attached hydrogens (tertiary/aromatic N) is 1. The summed E-state index contributed by atoms with van der Waals surface area (Å²) in [5.41, 5.74) is 1.85. The topological polar surface area (TPSA) is 38.1 Å². The van der Waals surface area contributed by atoms with Gasteiger partial charge in [-0.2, -0.15) is 0 Å². The second kappa shape index (κ2) is 4.59. The number of hydrogen-bond donors (Lipinski definition) is 1. The van der Waals surface area contributed by atoms with Crippen LogP contribution in [0.25, 0.3) is 0 Å². The van der Waals surface area contributed by atoms with E-state index < -0.39 is 0 Å². The van der Waals surface area contributed by atoms with Crippen LogP contribution in [0.1, 0.15) is 29.4 Å². The largest absolute Gasteiger partial charge is 0.465 e. The minimum Gasteiger partial charge on any atom is -0.465 e. The van der Waals surface area contributed by atoms with E-state index in [1.807, 2.05) is 30.8 Å². The highest BCUT2D eigenvalue weighted by Gasteiger charge is 2.08. The highest BCUT2D eigenvalue weighted by atomic mass is 32.1. The predicted octanol–water partition coefficient (Wildman–Crippen LogP) is 2.90. The number of hydrogen-bond acceptors (Lipinski definition) is 4. The van der Waals surface area contributed by atoms with Crippen molar-refractivity contribution in [3.05, 3.63) is 40.2 Å². The van der Waals surface area contributed by atoms with Gasteiger partial charge < -0.3 is 9.73 Å². The van der Waals surface area contributed by atoms with Gasteiger partial charge in [-0.25, -0.2) is 0 Å². The average molecular weight is 222 g/mol. The summed E-state index contributed by atoms with van der Waals surface area (Å²) in [5.74, 6) is 1.94. The molecule has 0 aromatic carbocycles. The zero-order valence-corrected chi connectivity index (χ0v) is 9.67. The highest BCUT2D eigenvalue weighted by Crippen LogP contribution is 2.16. The van der Waals surface area contributed by atoms with Gasteiger partial charge in [0.05, 0.1) is 11.6 Å². The van der Waals surface area contributed by atoms with Crippen molar-refractivity contribution in [3.63, 3.8) is 0 Å². The molecule has 80 valence electrons. The van der Waals surface area contributed by atoms with E-state index in [2.05, 4.69) is 17.2 Å². The smallest absolute Gasteiger partial charge is 0.120 e. The Labute approximate surface area is 93.2 Å². The van der Waals surface area contributed by atoms with Gasteiger partial charge in [0, 0.05) is 17.6 Å². The Hall–Kier alpha value is -1.13. The van der Waals surface area contributed by atoms with Crippen molar-refractivity contribution < 1.29 is 4.42 Å². The van der Waals surface area contributed by atoms with E-state index in [0.717, 1.165) is 18.1 Å². The summed E-state index contributed by atoms with van der Waals surface area (Å²) in [6.45, 7) is 4.89. The predicted molar refractivity (Wildman–Crippen MR) is 60.8 cm³/mol. The lowest BCUT2D eigenvalue weighted by Gasteiger charge is -2.09. The standard InChI is InChI=1S/C11H14N2OS/c1-8-3-4-11(14-8)9(2)13-6-10-5-12-7-15-10/h3-5,7,9,13H,6H2,1-2H3. The molecule has 0 bridgehead atoms. The van der Waals surface area contributed by atoms with Crippen molar-refractivity contribution >= 4 is 11.3 Å². The molecule has 2 rings (SSSR count). The zero-order chi connectivity index (χ0) is 10.7. The summed E-state index contributed by atoms with van der Waals surface area (Å²) in [6, 6.07) is 4.24. The maximum absolute atomic E-state index is 5.54. The van der Waals surface area contributed by atoms with Crippen molar-refractivity contribution in [1.82, 2.24) is 10.3 Å². The zero-order valence-electron chi connectivity index (χ0n) is 8.86. The first-order valence-corrected chi connectivity index (χ1v) is 5.81. The van der Waals surface area contributed by atoms with Crippen LogP contribution in [0.3, 0.4) is 0 Å². The van der Waals surface area contributed by atoms with Gasteiger partial charge in [0.1, 0.15) is 11.5 Å². The molecule has 2 aromatic rings. The third-order valence-corrected chi connectivity index (χ3v) is 3.03. The second-order valence-electron chi connectivity index (χ2n) is 3.52. The van der Waals surface area contributed by atoms with Crippen molar-refractivity contribution in [2.45, 2.75) is 26.4 Å². The number of rotatable bonds is 4. The van der Waals surface area contributed by atoms with Gasteiger partial charge in [0.25, 0.3) is 0 Å². The molecule has 15 heavy (non-hydrogen) atoms. The van der Waals surface area contributed by atoms with E-state index in [-0.39, 0.29) is 6.04 Å². The summed E-state index contributed by atoms with van der Waals surface area (Å²) < 4.78 is 5.54. The first kappa shape index (κ1) is 10.4. The van der Waals surface area contributed by atoms with Crippen molar-refractivity contribution in [1.29, 1.82) is 0 Å². The number of nitrogens with one attached hydrogen (secondary N) is 1. The normalized spacial score (nSPS) is 12.9. The Balaban J connectivity index is 1.90. The Morgan fingerprint density at radius 3 is 3.00 bits per heavy atom. The van der Waals surface area contributed by atoms with E-state index >= 15 is 0 Å².